The Kier molecular flexibility index (Phi) is 3.10. The zero-order valence-corrected chi connectivity index (χ0v) is 10.4. The monoisotopic (exact) mass is 254 g/mol. The number of hydrogen-bond donors (Lipinski definition) is 0. The highest BCUT2D eigenvalue weighted by Gasteiger charge is 2.26. The molecule has 0 N–H and O–H groups in total. The van der Waals surface area contributed by atoms with Crippen molar-refractivity contribution < 1.29 is 4.79 Å². The molecule has 0 aliphatic carbocycles. The van der Waals surface area contributed by atoms with Crippen molar-refractivity contribution in [2.24, 2.45) is 0 Å². The molecular weight excluding hydrogens is 240 g/mol. The first-order valence-corrected chi connectivity index (χ1v) is 6.22. The smallest absolute Gasteiger partial charge is 0.231 e. The molecule has 5 heteroatoms. The largest absolute Gasteiger partial charge is 0.338 e. The lowest BCUT2D eigenvalue weighted by molar-refractivity contribution is -0.119. The van der Waals surface area contributed by atoms with Crippen LogP contribution in [0, 0.1) is 0 Å². The molecule has 0 bridgehead atoms. The number of pyridine rings is 2. The first kappa shape index (κ1) is 11.6. The highest BCUT2D eigenvalue weighted by molar-refractivity contribution is 5.94. The Balaban J connectivity index is 1.84. The lowest BCUT2D eigenvalue weighted by atomic mass is 10.2. The molecule has 0 radical (unpaired) electrons. The van der Waals surface area contributed by atoms with Gasteiger partial charge in [0, 0.05) is 25.4 Å². The predicted molar refractivity (Wildman–Crippen MR) is 72.8 cm³/mol. The summed E-state index contributed by atoms with van der Waals surface area (Å²) in [6, 6.07) is 11.4. The summed E-state index contributed by atoms with van der Waals surface area (Å²) in [6.07, 6.45) is 3.94. The van der Waals surface area contributed by atoms with Crippen molar-refractivity contribution in [2.45, 2.75) is 6.42 Å². The molecule has 1 fully saturated rings. The van der Waals surface area contributed by atoms with Crippen LogP contribution in [0.3, 0.4) is 0 Å². The average molecular weight is 254 g/mol. The third-order valence-corrected chi connectivity index (χ3v) is 3.11. The van der Waals surface area contributed by atoms with Crippen LogP contribution in [-0.2, 0) is 4.79 Å². The number of anilines is 2. The zero-order chi connectivity index (χ0) is 13.1. The minimum atomic E-state index is 0.103. The van der Waals surface area contributed by atoms with E-state index in [-0.39, 0.29) is 5.91 Å². The van der Waals surface area contributed by atoms with E-state index in [0.717, 1.165) is 5.82 Å². The molecule has 0 spiro atoms. The van der Waals surface area contributed by atoms with Crippen molar-refractivity contribution in [2.75, 3.05) is 23.0 Å². The molecule has 96 valence electrons. The molecule has 0 unspecified atom stereocenters. The highest BCUT2D eigenvalue weighted by Crippen LogP contribution is 2.20. The predicted octanol–water partition coefficient (Wildman–Crippen LogP) is 1.68. The second-order valence-corrected chi connectivity index (χ2v) is 4.35. The third-order valence-electron chi connectivity index (χ3n) is 3.11. The number of carbonyl (C=O) groups is 1. The summed E-state index contributed by atoms with van der Waals surface area (Å²) >= 11 is 0. The minimum Gasteiger partial charge on any atom is -0.338 e. The van der Waals surface area contributed by atoms with Crippen molar-refractivity contribution >= 4 is 17.5 Å². The van der Waals surface area contributed by atoms with E-state index in [1.54, 1.807) is 17.3 Å². The van der Waals surface area contributed by atoms with Gasteiger partial charge in [-0.2, -0.15) is 0 Å². The van der Waals surface area contributed by atoms with Gasteiger partial charge in [-0.3, -0.25) is 9.69 Å². The van der Waals surface area contributed by atoms with E-state index in [0.29, 0.717) is 25.5 Å². The Morgan fingerprint density at radius 3 is 2.26 bits per heavy atom. The molecule has 3 rings (SSSR count). The standard InChI is InChI=1S/C14H14N4O/c19-14-7-10-17(12-5-1-3-8-15-12)11-18(14)13-6-2-4-9-16-13/h1-6,8-9H,7,10-11H2. The van der Waals surface area contributed by atoms with Crippen LogP contribution >= 0.6 is 0 Å². The maximum absolute atomic E-state index is 12.0. The van der Waals surface area contributed by atoms with Crippen LogP contribution in [0.1, 0.15) is 6.42 Å². The van der Waals surface area contributed by atoms with Gasteiger partial charge in [-0.1, -0.05) is 12.1 Å². The molecule has 5 nitrogen and oxygen atoms in total. The lowest BCUT2D eigenvalue weighted by Crippen LogP contribution is -2.49. The molecule has 1 amide bonds. The molecule has 19 heavy (non-hydrogen) atoms. The fourth-order valence-corrected chi connectivity index (χ4v) is 2.13. The number of hydrogen-bond acceptors (Lipinski definition) is 4. The Labute approximate surface area is 111 Å². The van der Waals surface area contributed by atoms with Gasteiger partial charge in [-0.05, 0) is 24.3 Å². The topological polar surface area (TPSA) is 49.3 Å². The van der Waals surface area contributed by atoms with E-state index >= 15 is 0 Å². The summed E-state index contributed by atoms with van der Waals surface area (Å²) < 4.78 is 0. The molecule has 1 aliphatic rings. The van der Waals surface area contributed by atoms with Gasteiger partial charge in [0.15, 0.2) is 0 Å². The van der Waals surface area contributed by atoms with Gasteiger partial charge in [0.25, 0.3) is 0 Å². The van der Waals surface area contributed by atoms with Crippen molar-refractivity contribution in [3.63, 3.8) is 0 Å². The van der Waals surface area contributed by atoms with Crippen LogP contribution in [0.25, 0.3) is 0 Å². The van der Waals surface area contributed by atoms with Crippen LogP contribution in [0.4, 0.5) is 11.6 Å². The van der Waals surface area contributed by atoms with Crippen LogP contribution in [0.5, 0.6) is 0 Å². The summed E-state index contributed by atoms with van der Waals surface area (Å²) in [6.45, 7) is 1.19. The lowest BCUT2D eigenvalue weighted by Gasteiger charge is -2.35. The molecule has 0 atom stereocenters. The number of carbonyl (C=O) groups excluding carboxylic acids is 1. The SMILES string of the molecule is O=C1CCN(c2ccccn2)CN1c1ccccn1. The second kappa shape index (κ2) is 5.06. The molecule has 1 aliphatic heterocycles. The third kappa shape index (κ3) is 2.40. The first-order valence-electron chi connectivity index (χ1n) is 6.22. The zero-order valence-electron chi connectivity index (χ0n) is 10.4. The number of rotatable bonds is 2. The number of aromatic nitrogens is 2. The van der Waals surface area contributed by atoms with Crippen LogP contribution in [0.15, 0.2) is 48.8 Å². The quantitative estimate of drug-likeness (QED) is 0.818. The van der Waals surface area contributed by atoms with Gasteiger partial charge in [-0.25, -0.2) is 9.97 Å². The maximum Gasteiger partial charge on any atom is 0.231 e. The molecule has 3 heterocycles. The van der Waals surface area contributed by atoms with E-state index in [1.165, 1.54) is 0 Å². The summed E-state index contributed by atoms with van der Waals surface area (Å²) in [4.78, 5) is 24.3. The fourth-order valence-electron chi connectivity index (χ4n) is 2.13. The van der Waals surface area contributed by atoms with E-state index in [4.69, 9.17) is 0 Å². The average Bonchev–Trinajstić information content (AvgIpc) is 2.49. The van der Waals surface area contributed by atoms with Gasteiger partial charge < -0.3 is 4.90 Å². The summed E-state index contributed by atoms with van der Waals surface area (Å²) in [5.41, 5.74) is 0. The van der Waals surface area contributed by atoms with Crippen molar-refractivity contribution in [1.82, 2.24) is 9.97 Å². The molecule has 1 saturated heterocycles. The Hall–Kier alpha value is -2.43. The van der Waals surface area contributed by atoms with Crippen LogP contribution in [-0.4, -0.2) is 29.1 Å². The summed E-state index contributed by atoms with van der Waals surface area (Å²) in [5, 5.41) is 0. The van der Waals surface area contributed by atoms with Gasteiger partial charge in [0.1, 0.15) is 18.3 Å². The van der Waals surface area contributed by atoms with E-state index in [1.807, 2.05) is 36.4 Å². The molecule has 2 aromatic heterocycles. The summed E-state index contributed by atoms with van der Waals surface area (Å²) in [7, 11) is 0. The Bertz CT molecular complexity index is 558. The first-order chi connectivity index (χ1) is 9.34. The number of amides is 1. The maximum atomic E-state index is 12.0. The van der Waals surface area contributed by atoms with Crippen LogP contribution < -0.4 is 9.80 Å². The van der Waals surface area contributed by atoms with Crippen molar-refractivity contribution in [3.8, 4) is 0 Å². The summed E-state index contributed by atoms with van der Waals surface area (Å²) in [5.74, 6) is 1.68. The van der Waals surface area contributed by atoms with Crippen molar-refractivity contribution in [3.05, 3.63) is 48.8 Å². The van der Waals surface area contributed by atoms with Crippen LogP contribution in [0.2, 0.25) is 0 Å². The molecule has 2 aromatic rings. The minimum absolute atomic E-state index is 0.103. The van der Waals surface area contributed by atoms with Gasteiger partial charge in [0.2, 0.25) is 5.91 Å². The fraction of sp³-hybridized carbons (Fsp3) is 0.214. The number of nitrogens with zero attached hydrogens (tertiary/aromatic N) is 4. The van der Waals surface area contributed by atoms with Gasteiger partial charge >= 0.3 is 0 Å². The molecule has 0 aromatic carbocycles. The van der Waals surface area contributed by atoms with Gasteiger partial charge in [0.05, 0.1) is 0 Å². The Morgan fingerprint density at radius 2 is 1.63 bits per heavy atom. The van der Waals surface area contributed by atoms with Crippen molar-refractivity contribution in [1.29, 1.82) is 0 Å². The van der Waals surface area contributed by atoms with E-state index in [2.05, 4.69) is 14.9 Å². The van der Waals surface area contributed by atoms with E-state index < -0.39 is 0 Å². The molecular formula is C14H14N4O. The highest BCUT2D eigenvalue weighted by atomic mass is 16.2. The normalized spacial score (nSPS) is 15.7. The molecule has 0 saturated carbocycles. The van der Waals surface area contributed by atoms with Gasteiger partial charge in [-0.15, -0.1) is 0 Å². The second-order valence-electron chi connectivity index (χ2n) is 4.35. The Morgan fingerprint density at radius 1 is 0.947 bits per heavy atom. The van der Waals surface area contributed by atoms with E-state index in [9.17, 15) is 4.79 Å².